The Kier molecular flexibility index (Phi) is 5.32. The predicted octanol–water partition coefficient (Wildman–Crippen LogP) is 2.27. The van der Waals surface area contributed by atoms with Gasteiger partial charge in [-0.15, -0.1) is 0 Å². The fourth-order valence-electron chi connectivity index (χ4n) is 1.09. The van der Waals surface area contributed by atoms with E-state index in [1.807, 2.05) is 22.6 Å². The number of carbonyl (C=O) groups excluding carboxylic acids is 1. The third-order valence-corrected chi connectivity index (χ3v) is 3.06. The Morgan fingerprint density at radius 3 is 2.72 bits per heavy atom. The summed E-state index contributed by atoms with van der Waals surface area (Å²) in [5.74, 6) is -2.03. The number of aliphatic carboxylic acids is 1. The standard InChI is InChI=1S/C11H12FIN2O3/c1-6(10(16)17)5-14-11(18)15-9-3-2-7(12)4-8(9)13/h2-4,6H,5H2,1H3,(H,16,17)(H2,14,15,18). The number of hydrogen-bond acceptors (Lipinski definition) is 2. The van der Waals surface area contributed by atoms with Crippen molar-refractivity contribution in [2.45, 2.75) is 6.92 Å². The molecule has 7 heteroatoms. The van der Waals surface area contributed by atoms with Crippen LogP contribution in [0.5, 0.6) is 0 Å². The number of carboxylic acid groups (broad SMARTS) is 1. The first kappa shape index (κ1) is 14.7. The van der Waals surface area contributed by atoms with E-state index in [9.17, 15) is 14.0 Å². The van der Waals surface area contributed by atoms with Gasteiger partial charge in [-0.3, -0.25) is 4.79 Å². The largest absolute Gasteiger partial charge is 0.481 e. The summed E-state index contributed by atoms with van der Waals surface area (Å²) < 4.78 is 13.4. The summed E-state index contributed by atoms with van der Waals surface area (Å²) in [5, 5.41) is 13.6. The highest BCUT2D eigenvalue weighted by atomic mass is 127. The van der Waals surface area contributed by atoms with Crippen LogP contribution in [0.25, 0.3) is 0 Å². The molecule has 2 amide bonds. The summed E-state index contributed by atoms with van der Waals surface area (Å²) in [6.07, 6.45) is 0. The van der Waals surface area contributed by atoms with E-state index in [0.717, 1.165) is 0 Å². The van der Waals surface area contributed by atoms with Gasteiger partial charge >= 0.3 is 12.0 Å². The fraction of sp³-hybridized carbons (Fsp3) is 0.273. The van der Waals surface area contributed by atoms with E-state index in [1.165, 1.54) is 25.1 Å². The summed E-state index contributed by atoms with van der Waals surface area (Å²) in [6, 6.07) is 3.44. The molecule has 0 spiro atoms. The van der Waals surface area contributed by atoms with Gasteiger partial charge in [-0.2, -0.15) is 0 Å². The molecule has 3 N–H and O–H groups in total. The van der Waals surface area contributed by atoms with Crippen molar-refractivity contribution in [2.75, 3.05) is 11.9 Å². The van der Waals surface area contributed by atoms with Crippen molar-refractivity contribution in [3.8, 4) is 0 Å². The topological polar surface area (TPSA) is 78.4 Å². The first-order chi connectivity index (χ1) is 8.40. The minimum Gasteiger partial charge on any atom is -0.481 e. The van der Waals surface area contributed by atoms with Gasteiger partial charge in [0.05, 0.1) is 11.6 Å². The Bertz CT molecular complexity index is 468. The number of urea groups is 1. The molecule has 0 saturated heterocycles. The Morgan fingerprint density at radius 1 is 1.50 bits per heavy atom. The molecule has 0 aliphatic heterocycles. The van der Waals surface area contributed by atoms with Gasteiger partial charge < -0.3 is 15.7 Å². The van der Waals surface area contributed by atoms with Gasteiger partial charge in [0.1, 0.15) is 5.82 Å². The fourth-order valence-corrected chi connectivity index (χ4v) is 1.70. The number of halogens is 2. The molecule has 1 rings (SSSR count). The number of amides is 2. The predicted molar refractivity (Wildman–Crippen MR) is 72.9 cm³/mol. The molecule has 1 aromatic rings. The Balaban J connectivity index is 2.52. The summed E-state index contributed by atoms with van der Waals surface area (Å²) in [5.41, 5.74) is 0.470. The van der Waals surface area contributed by atoms with E-state index in [1.54, 1.807) is 0 Å². The van der Waals surface area contributed by atoms with Gasteiger partial charge in [0.25, 0.3) is 0 Å². The number of carboxylic acids is 1. The molecule has 0 heterocycles. The highest BCUT2D eigenvalue weighted by molar-refractivity contribution is 14.1. The normalized spacial score (nSPS) is 11.7. The zero-order chi connectivity index (χ0) is 13.7. The van der Waals surface area contributed by atoms with E-state index >= 15 is 0 Å². The molecule has 1 unspecified atom stereocenters. The minimum absolute atomic E-state index is 0.0267. The first-order valence-electron chi connectivity index (χ1n) is 5.13. The summed E-state index contributed by atoms with van der Waals surface area (Å²) >= 11 is 1.90. The Labute approximate surface area is 117 Å². The summed E-state index contributed by atoms with van der Waals surface area (Å²) in [6.45, 7) is 1.52. The lowest BCUT2D eigenvalue weighted by Crippen LogP contribution is -2.34. The molecule has 0 bridgehead atoms. The number of hydrogen-bond donors (Lipinski definition) is 3. The second-order valence-electron chi connectivity index (χ2n) is 3.70. The third-order valence-electron chi connectivity index (χ3n) is 2.17. The van der Waals surface area contributed by atoms with Crippen LogP contribution in [0.3, 0.4) is 0 Å². The maximum absolute atomic E-state index is 12.8. The van der Waals surface area contributed by atoms with Gasteiger partial charge in [0.15, 0.2) is 0 Å². The molecular weight excluding hydrogens is 354 g/mol. The van der Waals surface area contributed by atoms with Gasteiger partial charge in [-0.1, -0.05) is 6.92 Å². The molecule has 98 valence electrons. The minimum atomic E-state index is -0.980. The Morgan fingerprint density at radius 2 is 2.17 bits per heavy atom. The van der Waals surface area contributed by atoms with Gasteiger partial charge in [-0.05, 0) is 40.8 Å². The van der Waals surface area contributed by atoms with Crippen molar-refractivity contribution in [1.29, 1.82) is 0 Å². The number of anilines is 1. The van der Waals surface area contributed by atoms with Crippen molar-refractivity contribution >= 4 is 40.3 Å². The number of nitrogens with one attached hydrogen (secondary N) is 2. The molecule has 5 nitrogen and oxygen atoms in total. The van der Waals surface area contributed by atoms with E-state index in [-0.39, 0.29) is 12.4 Å². The second kappa shape index (κ2) is 6.53. The van der Waals surface area contributed by atoms with Crippen molar-refractivity contribution in [3.05, 3.63) is 27.6 Å². The van der Waals surface area contributed by atoms with Crippen LogP contribution in [-0.2, 0) is 4.79 Å². The number of rotatable bonds is 4. The summed E-state index contributed by atoms with van der Waals surface area (Å²) in [4.78, 5) is 22.0. The molecule has 0 saturated carbocycles. The molecular formula is C11H12FIN2O3. The van der Waals surface area contributed by atoms with Crippen LogP contribution in [0.15, 0.2) is 18.2 Å². The lowest BCUT2D eigenvalue weighted by Gasteiger charge is -2.11. The SMILES string of the molecule is CC(CNC(=O)Nc1ccc(F)cc1I)C(=O)O. The van der Waals surface area contributed by atoms with Crippen molar-refractivity contribution in [1.82, 2.24) is 5.32 Å². The maximum Gasteiger partial charge on any atom is 0.319 e. The molecule has 0 aromatic heterocycles. The quantitative estimate of drug-likeness (QED) is 0.716. The van der Waals surface area contributed by atoms with Gasteiger partial charge in [0.2, 0.25) is 0 Å². The van der Waals surface area contributed by atoms with Gasteiger partial charge in [0, 0.05) is 10.1 Å². The van der Waals surface area contributed by atoms with Crippen LogP contribution in [-0.4, -0.2) is 23.7 Å². The highest BCUT2D eigenvalue weighted by Crippen LogP contribution is 2.18. The van der Waals surface area contributed by atoms with E-state index < -0.39 is 17.9 Å². The maximum atomic E-state index is 12.8. The molecule has 0 fully saturated rings. The molecule has 0 aliphatic carbocycles. The molecule has 1 aromatic carbocycles. The average Bonchev–Trinajstić information content (AvgIpc) is 2.29. The molecule has 18 heavy (non-hydrogen) atoms. The molecule has 1 atom stereocenters. The van der Waals surface area contributed by atoms with Crippen molar-refractivity contribution in [2.24, 2.45) is 5.92 Å². The van der Waals surface area contributed by atoms with Crippen LogP contribution in [0.2, 0.25) is 0 Å². The van der Waals surface area contributed by atoms with Crippen LogP contribution >= 0.6 is 22.6 Å². The Hall–Kier alpha value is -1.38. The average molecular weight is 366 g/mol. The van der Waals surface area contributed by atoms with Crippen LogP contribution in [0.1, 0.15) is 6.92 Å². The molecule has 0 aliphatic rings. The first-order valence-corrected chi connectivity index (χ1v) is 6.20. The van der Waals surface area contributed by atoms with E-state index in [4.69, 9.17) is 5.11 Å². The summed E-state index contributed by atoms with van der Waals surface area (Å²) in [7, 11) is 0. The van der Waals surface area contributed by atoms with Crippen LogP contribution in [0, 0.1) is 15.3 Å². The zero-order valence-corrected chi connectivity index (χ0v) is 11.7. The van der Waals surface area contributed by atoms with Crippen LogP contribution in [0.4, 0.5) is 14.9 Å². The lowest BCUT2D eigenvalue weighted by molar-refractivity contribution is -0.140. The smallest absolute Gasteiger partial charge is 0.319 e. The second-order valence-corrected chi connectivity index (χ2v) is 4.86. The van der Waals surface area contributed by atoms with E-state index in [0.29, 0.717) is 9.26 Å². The van der Waals surface area contributed by atoms with Gasteiger partial charge in [-0.25, -0.2) is 9.18 Å². The van der Waals surface area contributed by atoms with Crippen molar-refractivity contribution in [3.63, 3.8) is 0 Å². The van der Waals surface area contributed by atoms with E-state index in [2.05, 4.69) is 10.6 Å². The zero-order valence-electron chi connectivity index (χ0n) is 9.54. The van der Waals surface area contributed by atoms with Crippen molar-refractivity contribution < 1.29 is 19.1 Å². The molecule has 0 radical (unpaired) electrons. The third kappa shape index (κ3) is 4.47. The monoisotopic (exact) mass is 366 g/mol. The number of carbonyl (C=O) groups is 2. The van der Waals surface area contributed by atoms with Crippen LogP contribution < -0.4 is 10.6 Å². The lowest BCUT2D eigenvalue weighted by atomic mass is 10.2. The highest BCUT2D eigenvalue weighted by Gasteiger charge is 2.12. The number of benzene rings is 1.